The smallest absolute Gasteiger partial charge is 0.150 e. The predicted molar refractivity (Wildman–Crippen MR) is 77.2 cm³/mol. The minimum absolute atomic E-state index is 0.408. The SMILES string of the molecule is Cc1cc(C=O)ccc1Oc1ccccc1C(C)C. The maximum absolute atomic E-state index is 10.7. The Bertz CT molecular complexity index is 586. The van der Waals surface area contributed by atoms with Gasteiger partial charge in [-0.2, -0.15) is 0 Å². The Kier molecular flexibility index (Phi) is 4.00. The highest BCUT2D eigenvalue weighted by molar-refractivity contribution is 5.75. The molecule has 0 fully saturated rings. The van der Waals surface area contributed by atoms with Crippen LogP contribution in [0.4, 0.5) is 0 Å². The van der Waals surface area contributed by atoms with Gasteiger partial charge in [-0.15, -0.1) is 0 Å². The molecule has 19 heavy (non-hydrogen) atoms. The van der Waals surface area contributed by atoms with Crippen molar-refractivity contribution >= 4 is 6.29 Å². The van der Waals surface area contributed by atoms with Gasteiger partial charge in [0.15, 0.2) is 0 Å². The molecular formula is C17H18O2. The zero-order chi connectivity index (χ0) is 13.8. The second-order valence-electron chi connectivity index (χ2n) is 4.94. The molecule has 0 spiro atoms. The van der Waals surface area contributed by atoms with E-state index >= 15 is 0 Å². The summed E-state index contributed by atoms with van der Waals surface area (Å²) in [6.07, 6.45) is 0.846. The molecule has 0 radical (unpaired) electrons. The van der Waals surface area contributed by atoms with Crippen molar-refractivity contribution in [3.8, 4) is 11.5 Å². The molecule has 0 amide bonds. The third kappa shape index (κ3) is 3.02. The maximum atomic E-state index is 10.7. The molecule has 2 aromatic rings. The van der Waals surface area contributed by atoms with E-state index in [1.54, 1.807) is 6.07 Å². The molecule has 0 heterocycles. The van der Waals surface area contributed by atoms with E-state index in [0.717, 1.165) is 23.3 Å². The summed E-state index contributed by atoms with van der Waals surface area (Å²) in [7, 11) is 0. The Morgan fingerprint density at radius 1 is 1.05 bits per heavy atom. The van der Waals surface area contributed by atoms with Crippen LogP contribution in [-0.2, 0) is 0 Å². The number of rotatable bonds is 4. The monoisotopic (exact) mass is 254 g/mol. The van der Waals surface area contributed by atoms with E-state index in [4.69, 9.17) is 4.74 Å². The fraction of sp³-hybridized carbons (Fsp3) is 0.235. The zero-order valence-corrected chi connectivity index (χ0v) is 11.5. The van der Waals surface area contributed by atoms with Gasteiger partial charge in [0.2, 0.25) is 0 Å². The molecule has 0 aromatic heterocycles. The third-order valence-corrected chi connectivity index (χ3v) is 3.10. The van der Waals surface area contributed by atoms with Gasteiger partial charge in [0.1, 0.15) is 17.8 Å². The highest BCUT2D eigenvalue weighted by Gasteiger charge is 2.09. The molecule has 0 bridgehead atoms. The molecule has 2 rings (SSSR count). The van der Waals surface area contributed by atoms with Gasteiger partial charge in [0.25, 0.3) is 0 Å². The fourth-order valence-electron chi connectivity index (χ4n) is 2.03. The fourth-order valence-corrected chi connectivity index (χ4v) is 2.03. The van der Waals surface area contributed by atoms with Crippen LogP contribution in [0.2, 0.25) is 0 Å². The van der Waals surface area contributed by atoms with Crippen molar-refractivity contribution in [2.24, 2.45) is 0 Å². The van der Waals surface area contributed by atoms with Crippen molar-refractivity contribution in [3.63, 3.8) is 0 Å². The lowest BCUT2D eigenvalue weighted by Crippen LogP contribution is -1.95. The normalized spacial score (nSPS) is 10.5. The summed E-state index contributed by atoms with van der Waals surface area (Å²) in [5, 5.41) is 0. The number of carbonyl (C=O) groups excluding carboxylic acids is 1. The predicted octanol–water partition coefficient (Wildman–Crippen LogP) is 4.72. The molecular weight excluding hydrogens is 236 g/mol. The molecule has 0 aliphatic carbocycles. The lowest BCUT2D eigenvalue weighted by atomic mass is 10.0. The van der Waals surface area contributed by atoms with Crippen LogP contribution in [0.1, 0.15) is 41.3 Å². The summed E-state index contributed by atoms with van der Waals surface area (Å²) >= 11 is 0. The number of aryl methyl sites for hydroxylation is 1. The molecule has 2 heteroatoms. The molecule has 2 nitrogen and oxygen atoms in total. The summed E-state index contributed by atoms with van der Waals surface area (Å²) in [6.45, 7) is 6.23. The van der Waals surface area contributed by atoms with Gasteiger partial charge in [0.05, 0.1) is 0 Å². The first-order valence-electron chi connectivity index (χ1n) is 6.44. The highest BCUT2D eigenvalue weighted by Crippen LogP contribution is 2.31. The Balaban J connectivity index is 2.34. The first kappa shape index (κ1) is 13.3. The molecule has 2 aromatic carbocycles. The Morgan fingerprint density at radius 3 is 2.42 bits per heavy atom. The standard InChI is InChI=1S/C17H18O2/c1-12(2)15-6-4-5-7-17(15)19-16-9-8-14(11-18)10-13(16)3/h4-12H,1-3H3. The zero-order valence-electron chi connectivity index (χ0n) is 11.5. The Morgan fingerprint density at radius 2 is 1.79 bits per heavy atom. The number of para-hydroxylation sites is 1. The first-order chi connectivity index (χ1) is 9.11. The van der Waals surface area contributed by atoms with Crippen LogP contribution < -0.4 is 4.74 Å². The van der Waals surface area contributed by atoms with Crippen LogP contribution in [0.15, 0.2) is 42.5 Å². The van der Waals surface area contributed by atoms with Gasteiger partial charge in [-0.05, 0) is 48.2 Å². The number of hydrogen-bond acceptors (Lipinski definition) is 2. The Hall–Kier alpha value is -2.09. The quantitative estimate of drug-likeness (QED) is 0.738. The molecule has 0 unspecified atom stereocenters. The van der Waals surface area contributed by atoms with Crippen LogP contribution in [0.25, 0.3) is 0 Å². The summed E-state index contributed by atoms with van der Waals surface area (Å²) < 4.78 is 5.99. The number of hydrogen-bond donors (Lipinski definition) is 0. The van der Waals surface area contributed by atoms with Crippen molar-refractivity contribution in [1.82, 2.24) is 0 Å². The molecule has 0 saturated heterocycles. The molecule has 0 aliphatic heterocycles. The van der Waals surface area contributed by atoms with E-state index < -0.39 is 0 Å². The van der Waals surface area contributed by atoms with Crippen molar-refractivity contribution in [2.75, 3.05) is 0 Å². The van der Waals surface area contributed by atoms with E-state index in [0.29, 0.717) is 11.5 Å². The highest BCUT2D eigenvalue weighted by atomic mass is 16.5. The molecule has 0 aliphatic rings. The van der Waals surface area contributed by atoms with E-state index in [1.807, 2.05) is 37.3 Å². The van der Waals surface area contributed by atoms with E-state index in [1.165, 1.54) is 5.56 Å². The maximum Gasteiger partial charge on any atom is 0.150 e. The van der Waals surface area contributed by atoms with E-state index in [9.17, 15) is 4.79 Å². The topological polar surface area (TPSA) is 26.3 Å². The molecule has 0 saturated carbocycles. The largest absolute Gasteiger partial charge is 0.457 e. The van der Waals surface area contributed by atoms with Crippen LogP contribution in [-0.4, -0.2) is 6.29 Å². The minimum atomic E-state index is 0.408. The average molecular weight is 254 g/mol. The van der Waals surface area contributed by atoms with Crippen molar-refractivity contribution in [2.45, 2.75) is 26.7 Å². The number of aldehydes is 1. The third-order valence-electron chi connectivity index (χ3n) is 3.10. The lowest BCUT2D eigenvalue weighted by molar-refractivity contribution is 0.112. The second kappa shape index (κ2) is 5.70. The van der Waals surface area contributed by atoms with Crippen LogP contribution >= 0.6 is 0 Å². The minimum Gasteiger partial charge on any atom is -0.457 e. The average Bonchev–Trinajstić information content (AvgIpc) is 2.41. The van der Waals surface area contributed by atoms with Gasteiger partial charge in [-0.1, -0.05) is 32.0 Å². The van der Waals surface area contributed by atoms with Crippen molar-refractivity contribution < 1.29 is 9.53 Å². The summed E-state index contributed by atoms with van der Waals surface area (Å²) in [5.74, 6) is 2.07. The van der Waals surface area contributed by atoms with Gasteiger partial charge in [-0.3, -0.25) is 4.79 Å². The van der Waals surface area contributed by atoms with E-state index in [2.05, 4.69) is 19.9 Å². The van der Waals surface area contributed by atoms with Gasteiger partial charge in [0, 0.05) is 5.56 Å². The molecule has 98 valence electrons. The van der Waals surface area contributed by atoms with Crippen LogP contribution in [0, 0.1) is 6.92 Å². The van der Waals surface area contributed by atoms with E-state index in [-0.39, 0.29) is 0 Å². The van der Waals surface area contributed by atoms with Crippen LogP contribution in [0.5, 0.6) is 11.5 Å². The number of benzene rings is 2. The van der Waals surface area contributed by atoms with Crippen molar-refractivity contribution in [3.05, 3.63) is 59.2 Å². The number of ether oxygens (including phenoxy) is 1. The first-order valence-corrected chi connectivity index (χ1v) is 6.44. The molecule has 0 N–H and O–H groups in total. The Labute approximate surface area is 114 Å². The van der Waals surface area contributed by atoms with Gasteiger partial charge >= 0.3 is 0 Å². The summed E-state index contributed by atoms with van der Waals surface area (Å²) in [5.41, 5.74) is 2.81. The van der Waals surface area contributed by atoms with Crippen molar-refractivity contribution in [1.29, 1.82) is 0 Å². The molecule has 0 atom stereocenters. The summed E-state index contributed by atoms with van der Waals surface area (Å²) in [6, 6.07) is 13.5. The van der Waals surface area contributed by atoms with Crippen LogP contribution in [0.3, 0.4) is 0 Å². The summed E-state index contributed by atoms with van der Waals surface area (Å²) in [4.78, 5) is 10.7. The lowest BCUT2D eigenvalue weighted by Gasteiger charge is -2.15. The second-order valence-corrected chi connectivity index (χ2v) is 4.94. The van der Waals surface area contributed by atoms with Gasteiger partial charge < -0.3 is 4.74 Å². The number of carbonyl (C=O) groups is 1. The van der Waals surface area contributed by atoms with Gasteiger partial charge in [-0.25, -0.2) is 0 Å².